The molecule has 1 saturated carbocycles. The van der Waals surface area contributed by atoms with Crippen molar-refractivity contribution in [3.8, 4) is 0 Å². The fourth-order valence-electron chi connectivity index (χ4n) is 4.27. The van der Waals surface area contributed by atoms with Gasteiger partial charge in [-0.05, 0) is 55.6 Å². The molecule has 0 bridgehead atoms. The van der Waals surface area contributed by atoms with Crippen molar-refractivity contribution in [2.24, 2.45) is 0 Å². The predicted molar refractivity (Wildman–Crippen MR) is 106 cm³/mol. The Hall–Kier alpha value is -2.35. The number of para-hydroxylation sites is 1. The Balaban J connectivity index is 1.76. The van der Waals surface area contributed by atoms with E-state index in [1.54, 1.807) is 0 Å². The topological polar surface area (TPSA) is 26.0 Å². The largest absolute Gasteiger partial charge is 0.455 e. The lowest BCUT2D eigenvalue weighted by molar-refractivity contribution is 0.440. The van der Waals surface area contributed by atoms with Gasteiger partial charge in [0.2, 0.25) is 0 Å². The minimum atomic E-state index is -2.48. The van der Waals surface area contributed by atoms with Crippen LogP contribution in [-0.2, 0) is 0 Å². The van der Waals surface area contributed by atoms with E-state index < -0.39 is 12.7 Å². The van der Waals surface area contributed by atoms with Crippen LogP contribution in [0.4, 0.5) is 0 Å². The summed E-state index contributed by atoms with van der Waals surface area (Å²) < 4.78 is 55.0. The van der Waals surface area contributed by atoms with E-state index in [1.165, 1.54) is 6.20 Å². The van der Waals surface area contributed by atoms with Gasteiger partial charge in [-0.1, -0.05) is 49.6 Å². The maximum absolute atomic E-state index is 9.11. The van der Waals surface area contributed by atoms with Crippen molar-refractivity contribution in [3.05, 3.63) is 63.9 Å². The molecule has 0 aliphatic heterocycles. The van der Waals surface area contributed by atoms with Gasteiger partial charge in [-0.25, -0.2) is 0 Å². The number of hydrogen-bond acceptors (Lipinski definition) is 2. The Morgan fingerprint density at radius 3 is 3.04 bits per heavy atom. The second-order valence-electron chi connectivity index (χ2n) is 7.18. The summed E-state index contributed by atoms with van der Waals surface area (Å²) in [5.41, 5.74) is 3.07. The zero-order chi connectivity index (χ0) is 22.7. The van der Waals surface area contributed by atoms with Crippen molar-refractivity contribution < 1.29 is 12.6 Å². The smallest absolute Gasteiger partial charge is 0.140 e. The van der Waals surface area contributed by atoms with E-state index in [2.05, 4.69) is 11.1 Å². The molecule has 5 rings (SSSR count). The maximum Gasteiger partial charge on any atom is 0.140 e. The van der Waals surface area contributed by atoms with Gasteiger partial charge >= 0.3 is 0 Å². The second-order valence-corrected chi connectivity index (χ2v) is 7.18. The Kier molecular flexibility index (Phi) is 2.65. The minimum absolute atomic E-state index is 0.189. The third-order valence-corrected chi connectivity index (χ3v) is 5.53. The Labute approximate surface area is 162 Å². The lowest BCUT2D eigenvalue weighted by atomic mass is 9.83. The highest BCUT2D eigenvalue weighted by Crippen LogP contribution is 2.35. The van der Waals surface area contributed by atoms with Crippen LogP contribution >= 0.6 is 0 Å². The molecule has 0 saturated heterocycles. The molecule has 2 aromatic heterocycles. The van der Waals surface area contributed by atoms with E-state index in [1.807, 2.05) is 18.2 Å². The second kappa shape index (κ2) is 6.42. The average molecular weight is 350 g/mol. The summed E-state index contributed by atoms with van der Waals surface area (Å²) in [7, 11) is 0. The van der Waals surface area contributed by atoms with Crippen LogP contribution in [0.5, 0.6) is 0 Å². The van der Waals surface area contributed by atoms with Crippen molar-refractivity contribution in [2.75, 3.05) is 0 Å². The zero-order valence-corrected chi connectivity index (χ0v) is 14.7. The fraction of sp³-hybridized carbons (Fsp3) is 0.375. The zero-order valence-electron chi connectivity index (χ0n) is 20.7. The van der Waals surface area contributed by atoms with Gasteiger partial charge < -0.3 is 4.42 Å². The standard InChI is InChI=1S/C24H25NO/c1-16-13-14-22(25-15-16)21-12-6-11-20-19-10-5-9-18(23(19)26-24(20)21)17-7-3-2-4-8-17/h5,9-11,13-15,17H,2-4,6-8,12H2,1H3/i1D3,13D,14D,17D. The van der Waals surface area contributed by atoms with Crippen molar-refractivity contribution in [1.29, 1.82) is 0 Å². The number of hydrogen-bond donors (Lipinski definition) is 0. The molecule has 3 aromatic rings. The average Bonchev–Trinajstić information content (AvgIpc) is 3.14. The molecule has 0 spiro atoms. The molecule has 1 fully saturated rings. The van der Waals surface area contributed by atoms with Gasteiger partial charge in [0.25, 0.3) is 0 Å². The van der Waals surface area contributed by atoms with Gasteiger partial charge in [0.05, 0.1) is 8.44 Å². The maximum atomic E-state index is 9.11. The van der Waals surface area contributed by atoms with Crippen molar-refractivity contribution >= 4 is 22.6 Å². The molecule has 2 aliphatic rings. The van der Waals surface area contributed by atoms with E-state index in [0.717, 1.165) is 65.8 Å². The molecule has 0 N–H and O–H groups in total. The molecular weight excluding hydrogens is 318 g/mol. The van der Waals surface area contributed by atoms with Crippen LogP contribution in [0.3, 0.4) is 0 Å². The summed E-state index contributed by atoms with van der Waals surface area (Å²) in [4.78, 5) is 4.31. The van der Waals surface area contributed by atoms with Crippen molar-refractivity contribution in [2.45, 2.75) is 57.7 Å². The predicted octanol–water partition coefficient (Wildman–Crippen LogP) is 4.96. The van der Waals surface area contributed by atoms with E-state index >= 15 is 0 Å². The van der Waals surface area contributed by atoms with Crippen LogP contribution in [0.1, 0.15) is 75.9 Å². The first-order valence-corrected chi connectivity index (χ1v) is 9.43. The van der Waals surface area contributed by atoms with E-state index in [9.17, 15) is 0 Å². The number of benzene rings is 1. The van der Waals surface area contributed by atoms with Gasteiger partial charge in [0.15, 0.2) is 0 Å². The Morgan fingerprint density at radius 2 is 2.15 bits per heavy atom. The highest BCUT2D eigenvalue weighted by Gasteiger charge is 2.21. The number of nitrogens with zero attached hydrogens (tertiary/aromatic N) is 1. The van der Waals surface area contributed by atoms with Gasteiger partial charge in [-0.3, -0.25) is 4.98 Å². The number of furan rings is 1. The Bertz CT molecular complexity index is 1330. The van der Waals surface area contributed by atoms with Gasteiger partial charge in [0, 0.05) is 27.9 Å². The number of fused-ring (bicyclic) bond motifs is 3. The molecule has 0 unspecified atom stereocenters. The molecule has 2 heteroatoms. The summed E-state index contributed by atoms with van der Waals surface area (Å²) in [6.45, 7) is -2.48. The van der Waals surface area contributed by atoms with Crippen LogP contribution < -0.4 is 10.6 Å². The fourth-order valence-corrected chi connectivity index (χ4v) is 4.27. The van der Waals surface area contributed by atoms with Crippen molar-refractivity contribution in [3.63, 3.8) is 0 Å². The quantitative estimate of drug-likeness (QED) is 0.654. The molecule has 2 heterocycles. The number of aromatic nitrogens is 1. The molecule has 26 heavy (non-hydrogen) atoms. The molecule has 2 nitrogen and oxygen atoms in total. The van der Waals surface area contributed by atoms with Crippen molar-refractivity contribution in [1.82, 2.24) is 4.98 Å². The third kappa shape index (κ3) is 2.59. The first kappa shape index (κ1) is 10.7. The van der Waals surface area contributed by atoms with E-state index in [-0.39, 0.29) is 17.6 Å². The Morgan fingerprint density at radius 1 is 1.23 bits per heavy atom. The van der Waals surface area contributed by atoms with Crippen LogP contribution in [-0.4, -0.2) is 4.98 Å². The molecule has 0 atom stereocenters. The first-order valence-electron chi connectivity index (χ1n) is 12.4. The highest BCUT2D eigenvalue weighted by molar-refractivity contribution is 5.84. The highest BCUT2D eigenvalue weighted by atomic mass is 16.3. The number of rotatable bonds is 2. The molecule has 0 amide bonds. The van der Waals surface area contributed by atoms with Crippen LogP contribution in [0.2, 0.25) is 0 Å². The van der Waals surface area contributed by atoms with E-state index in [4.69, 9.17) is 12.6 Å². The molecule has 132 valence electrons. The number of aryl methyl sites for hydroxylation is 1. The summed E-state index contributed by atoms with van der Waals surface area (Å²) in [5, 5.41) is 1.90. The molecular formula is C24H25NO. The summed E-state index contributed by atoms with van der Waals surface area (Å²) in [6.07, 6.45) is 9.52. The number of pyridine rings is 1. The first-order chi connectivity index (χ1) is 15.2. The summed E-state index contributed by atoms with van der Waals surface area (Å²) in [5.74, 6) is -0.660. The monoisotopic (exact) mass is 349 g/mol. The SMILES string of the molecule is [2H]c1c(C([2H])([2H])[2H])cnc(C2=c3oc4c(C5([2H])CCCCC5)cccc4c3=CCC2)c1[2H]. The normalized spacial score (nSPS) is 23.0. The summed E-state index contributed by atoms with van der Waals surface area (Å²) in [6, 6.07) is 5.49. The minimum Gasteiger partial charge on any atom is -0.455 e. The van der Waals surface area contributed by atoms with Crippen LogP contribution in [0, 0.1) is 6.85 Å². The van der Waals surface area contributed by atoms with Crippen LogP contribution in [0.15, 0.2) is 40.9 Å². The third-order valence-electron chi connectivity index (χ3n) is 5.53. The summed E-state index contributed by atoms with van der Waals surface area (Å²) >= 11 is 0. The lowest BCUT2D eigenvalue weighted by Crippen LogP contribution is -2.26. The molecule has 2 aliphatic carbocycles. The van der Waals surface area contributed by atoms with Crippen LogP contribution in [0.25, 0.3) is 22.6 Å². The van der Waals surface area contributed by atoms with E-state index in [0.29, 0.717) is 17.5 Å². The molecule has 0 radical (unpaired) electrons. The van der Waals surface area contributed by atoms with Gasteiger partial charge in [0.1, 0.15) is 11.0 Å². The molecule has 1 aromatic carbocycles. The van der Waals surface area contributed by atoms with Gasteiger partial charge in [-0.15, -0.1) is 0 Å². The lowest BCUT2D eigenvalue weighted by Gasteiger charge is -2.21. The van der Waals surface area contributed by atoms with Gasteiger partial charge in [-0.2, -0.15) is 0 Å².